The van der Waals surface area contributed by atoms with Crippen molar-refractivity contribution in [1.82, 2.24) is 0 Å². The number of para-hydroxylation sites is 1. The number of esters is 1. The third-order valence-corrected chi connectivity index (χ3v) is 3.66. The van der Waals surface area contributed by atoms with E-state index in [0.717, 1.165) is 24.3 Å². The first-order valence-corrected chi connectivity index (χ1v) is 8.27. The summed E-state index contributed by atoms with van der Waals surface area (Å²) in [6.07, 6.45) is -5.72. The Morgan fingerprint density at radius 2 is 1.69 bits per heavy atom. The number of carbonyl (C=O) groups is 3. The molecule has 0 aliphatic heterocycles. The minimum atomic E-state index is -4.49. The first-order valence-electron chi connectivity index (χ1n) is 8.27. The minimum Gasteiger partial charge on any atom is -0.481 e. The van der Waals surface area contributed by atoms with Crippen LogP contribution in [0.3, 0.4) is 0 Å². The number of nitrogens with two attached hydrogens (primary N) is 1. The Kier molecular flexibility index (Phi) is 6.81. The molecular formula is C19H17F3N2O5. The van der Waals surface area contributed by atoms with Crippen molar-refractivity contribution in [2.24, 2.45) is 5.73 Å². The lowest BCUT2D eigenvalue weighted by Gasteiger charge is -2.15. The minimum absolute atomic E-state index is 0.0772. The van der Waals surface area contributed by atoms with Crippen molar-refractivity contribution in [1.29, 1.82) is 0 Å². The van der Waals surface area contributed by atoms with Crippen molar-refractivity contribution < 1.29 is 37.0 Å². The molecule has 29 heavy (non-hydrogen) atoms. The van der Waals surface area contributed by atoms with Crippen LogP contribution in [0.2, 0.25) is 0 Å². The first kappa shape index (κ1) is 21.7. The highest BCUT2D eigenvalue weighted by atomic mass is 19.4. The van der Waals surface area contributed by atoms with Crippen LogP contribution in [0.25, 0.3) is 0 Å². The zero-order valence-electron chi connectivity index (χ0n) is 15.2. The van der Waals surface area contributed by atoms with Gasteiger partial charge in [-0.15, -0.1) is 0 Å². The summed E-state index contributed by atoms with van der Waals surface area (Å²) in [5.74, 6) is -2.29. The fraction of sp³-hybridized carbons (Fsp3) is 0.211. The monoisotopic (exact) mass is 410 g/mol. The molecule has 2 aromatic carbocycles. The van der Waals surface area contributed by atoms with Gasteiger partial charge < -0.3 is 20.5 Å². The van der Waals surface area contributed by atoms with Gasteiger partial charge in [0.2, 0.25) is 0 Å². The first-order chi connectivity index (χ1) is 13.6. The Hall–Kier alpha value is -3.56. The van der Waals surface area contributed by atoms with Gasteiger partial charge in [0.1, 0.15) is 5.75 Å². The van der Waals surface area contributed by atoms with Crippen LogP contribution in [-0.2, 0) is 20.5 Å². The summed E-state index contributed by atoms with van der Waals surface area (Å²) < 4.78 is 47.7. The number of nitrogens with one attached hydrogen (secondary N) is 1. The molecule has 0 bridgehead atoms. The quantitative estimate of drug-likeness (QED) is 0.683. The van der Waals surface area contributed by atoms with E-state index in [1.807, 2.05) is 0 Å². The molecule has 0 saturated carbocycles. The highest BCUT2D eigenvalue weighted by Gasteiger charge is 2.30. The molecule has 0 aliphatic rings. The van der Waals surface area contributed by atoms with Gasteiger partial charge in [0.05, 0.1) is 11.1 Å². The van der Waals surface area contributed by atoms with Gasteiger partial charge in [-0.2, -0.15) is 13.2 Å². The van der Waals surface area contributed by atoms with Crippen molar-refractivity contribution in [2.75, 3.05) is 11.9 Å². The lowest BCUT2D eigenvalue weighted by atomic mass is 10.2. The van der Waals surface area contributed by atoms with Gasteiger partial charge >= 0.3 is 12.1 Å². The van der Waals surface area contributed by atoms with Crippen LogP contribution < -0.4 is 15.8 Å². The summed E-state index contributed by atoms with van der Waals surface area (Å²) in [6, 6.07) is 9.80. The Balaban J connectivity index is 1.87. The lowest BCUT2D eigenvalue weighted by Crippen LogP contribution is -2.31. The predicted molar refractivity (Wildman–Crippen MR) is 96.1 cm³/mol. The fourth-order valence-corrected chi connectivity index (χ4v) is 2.20. The standard InChI is InChI=1S/C19H17F3N2O5/c1-11(18(27)24-13-8-6-12(7-9-13)19(20,21)22)29-16(25)10-28-15-5-3-2-4-14(15)17(23)26/h2-9,11H,10H2,1H3,(H2,23,26)(H,24,27)/t11-/m0/s1. The zero-order chi connectivity index (χ0) is 21.6. The highest BCUT2D eigenvalue weighted by Crippen LogP contribution is 2.29. The van der Waals surface area contributed by atoms with Crippen LogP contribution >= 0.6 is 0 Å². The molecule has 2 aromatic rings. The van der Waals surface area contributed by atoms with Crippen molar-refractivity contribution in [3.63, 3.8) is 0 Å². The molecule has 2 rings (SSSR count). The van der Waals surface area contributed by atoms with Crippen LogP contribution in [-0.4, -0.2) is 30.5 Å². The van der Waals surface area contributed by atoms with Crippen molar-refractivity contribution in [3.8, 4) is 5.75 Å². The van der Waals surface area contributed by atoms with E-state index < -0.39 is 42.2 Å². The number of hydrogen-bond acceptors (Lipinski definition) is 5. The fourth-order valence-electron chi connectivity index (χ4n) is 2.20. The molecule has 0 radical (unpaired) electrons. The second kappa shape index (κ2) is 9.09. The Morgan fingerprint density at radius 3 is 2.28 bits per heavy atom. The van der Waals surface area contributed by atoms with Gasteiger partial charge in [0, 0.05) is 5.69 Å². The molecule has 7 nitrogen and oxygen atoms in total. The van der Waals surface area contributed by atoms with Gasteiger partial charge in [-0.05, 0) is 43.3 Å². The molecule has 0 aliphatic carbocycles. The zero-order valence-corrected chi connectivity index (χ0v) is 15.2. The van der Waals surface area contributed by atoms with Gasteiger partial charge in [-0.25, -0.2) is 4.79 Å². The van der Waals surface area contributed by atoms with Crippen LogP contribution in [0.5, 0.6) is 5.75 Å². The van der Waals surface area contributed by atoms with Crippen molar-refractivity contribution in [2.45, 2.75) is 19.2 Å². The molecule has 10 heteroatoms. The van der Waals surface area contributed by atoms with E-state index in [0.29, 0.717) is 0 Å². The van der Waals surface area contributed by atoms with Crippen LogP contribution in [0.15, 0.2) is 48.5 Å². The number of primary amides is 1. The van der Waals surface area contributed by atoms with E-state index in [1.54, 1.807) is 12.1 Å². The summed E-state index contributed by atoms with van der Waals surface area (Å²) in [5.41, 5.74) is 4.53. The summed E-state index contributed by atoms with van der Waals surface area (Å²) in [7, 11) is 0. The van der Waals surface area contributed by atoms with E-state index >= 15 is 0 Å². The molecule has 0 spiro atoms. The number of alkyl halides is 3. The van der Waals surface area contributed by atoms with Gasteiger partial charge in [0.25, 0.3) is 11.8 Å². The third kappa shape index (κ3) is 6.23. The molecule has 0 heterocycles. The predicted octanol–water partition coefficient (Wildman–Crippen LogP) is 2.75. The summed E-state index contributed by atoms with van der Waals surface area (Å²) in [4.78, 5) is 35.2. The Bertz CT molecular complexity index is 897. The number of amides is 2. The average Bonchev–Trinajstić information content (AvgIpc) is 2.66. The number of anilines is 1. The molecule has 0 fully saturated rings. The molecular weight excluding hydrogens is 393 g/mol. The number of benzene rings is 2. The summed E-state index contributed by atoms with van der Waals surface area (Å²) in [6.45, 7) is 0.705. The topological polar surface area (TPSA) is 108 Å². The Morgan fingerprint density at radius 1 is 1.07 bits per heavy atom. The van der Waals surface area contributed by atoms with Crippen molar-refractivity contribution >= 4 is 23.5 Å². The summed E-state index contributed by atoms with van der Waals surface area (Å²) in [5, 5.41) is 2.34. The van der Waals surface area contributed by atoms with Crippen LogP contribution in [0.1, 0.15) is 22.8 Å². The summed E-state index contributed by atoms with van der Waals surface area (Å²) >= 11 is 0. The maximum Gasteiger partial charge on any atom is 0.416 e. The van der Waals surface area contributed by atoms with Gasteiger partial charge in [0.15, 0.2) is 12.7 Å². The molecule has 0 saturated heterocycles. The largest absolute Gasteiger partial charge is 0.481 e. The molecule has 154 valence electrons. The normalized spacial score (nSPS) is 12.0. The molecule has 0 aromatic heterocycles. The highest BCUT2D eigenvalue weighted by molar-refractivity contribution is 5.96. The van der Waals surface area contributed by atoms with E-state index in [9.17, 15) is 27.6 Å². The number of ether oxygens (including phenoxy) is 2. The second-order valence-electron chi connectivity index (χ2n) is 5.85. The van der Waals surface area contributed by atoms with Gasteiger partial charge in [-0.1, -0.05) is 12.1 Å². The van der Waals surface area contributed by atoms with Crippen LogP contribution in [0, 0.1) is 0 Å². The Labute approximate surface area is 163 Å². The van der Waals surface area contributed by atoms with Crippen LogP contribution in [0.4, 0.5) is 18.9 Å². The molecule has 1 atom stereocenters. The third-order valence-electron chi connectivity index (χ3n) is 3.66. The number of hydrogen-bond donors (Lipinski definition) is 2. The lowest BCUT2D eigenvalue weighted by molar-refractivity contribution is -0.155. The molecule has 2 amide bonds. The van der Waals surface area contributed by atoms with E-state index in [1.165, 1.54) is 19.1 Å². The SMILES string of the molecule is C[C@H](OC(=O)COc1ccccc1C(N)=O)C(=O)Nc1ccc(C(F)(F)F)cc1. The molecule has 3 N–H and O–H groups in total. The maximum absolute atomic E-state index is 12.5. The molecule has 0 unspecified atom stereocenters. The second-order valence-corrected chi connectivity index (χ2v) is 5.85. The van der Waals surface area contributed by atoms with Gasteiger partial charge in [-0.3, -0.25) is 9.59 Å². The van der Waals surface area contributed by atoms with Crippen molar-refractivity contribution in [3.05, 3.63) is 59.7 Å². The van der Waals surface area contributed by atoms with E-state index in [-0.39, 0.29) is 17.0 Å². The number of rotatable bonds is 7. The smallest absolute Gasteiger partial charge is 0.416 e. The average molecular weight is 410 g/mol. The number of halogens is 3. The van der Waals surface area contributed by atoms with E-state index in [2.05, 4.69) is 5.32 Å². The number of carbonyl (C=O) groups excluding carboxylic acids is 3. The van der Waals surface area contributed by atoms with E-state index in [4.69, 9.17) is 15.2 Å². The maximum atomic E-state index is 12.5.